The largest absolute Gasteiger partial charge is 0.330 e. The first-order valence-electron chi connectivity index (χ1n) is 4.96. The summed E-state index contributed by atoms with van der Waals surface area (Å²) >= 11 is 1.77. The van der Waals surface area contributed by atoms with Crippen LogP contribution in [0.4, 0.5) is 0 Å². The first-order chi connectivity index (χ1) is 6.31. The molecule has 0 saturated heterocycles. The van der Waals surface area contributed by atoms with Gasteiger partial charge in [0.15, 0.2) is 0 Å². The Morgan fingerprint density at radius 1 is 1.54 bits per heavy atom. The Labute approximate surface area is 84.2 Å². The third-order valence-electron chi connectivity index (χ3n) is 2.23. The minimum atomic E-state index is 0.460. The van der Waals surface area contributed by atoms with E-state index in [-0.39, 0.29) is 0 Å². The second-order valence-corrected chi connectivity index (χ2v) is 4.20. The van der Waals surface area contributed by atoms with Crippen LogP contribution in [0.2, 0.25) is 0 Å². The van der Waals surface area contributed by atoms with Crippen molar-refractivity contribution in [2.24, 2.45) is 5.73 Å². The summed E-state index contributed by atoms with van der Waals surface area (Å²) in [6.45, 7) is 5.06. The highest BCUT2D eigenvalue weighted by Crippen LogP contribution is 2.21. The second kappa shape index (κ2) is 5.35. The molecule has 1 unspecified atom stereocenters. The highest BCUT2D eigenvalue weighted by atomic mass is 32.1. The van der Waals surface area contributed by atoms with E-state index in [0.29, 0.717) is 12.5 Å². The van der Waals surface area contributed by atoms with Gasteiger partial charge in [0.1, 0.15) is 0 Å². The number of aromatic nitrogens is 1. The normalized spacial score (nSPS) is 13.2. The molecule has 0 fully saturated rings. The highest BCUT2D eigenvalue weighted by molar-refractivity contribution is 7.09. The second-order valence-electron chi connectivity index (χ2n) is 3.26. The summed E-state index contributed by atoms with van der Waals surface area (Å²) in [5.41, 5.74) is 6.86. The molecule has 74 valence electrons. The van der Waals surface area contributed by atoms with Crippen LogP contribution in [0.1, 0.15) is 43.3 Å². The molecule has 1 atom stereocenters. The van der Waals surface area contributed by atoms with E-state index >= 15 is 0 Å². The predicted molar refractivity (Wildman–Crippen MR) is 58.2 cm³/mol. The summed E-state index contributed by atoms with van der Waals surface area (Å²) in [7, 11) is 0. The van der Waals surface area contributed by atoms with Gasteiger partial charge < -0.3 is 5.73 Å². The fourth-order valence-corrected chi connectivity index (χ4v) is 2.32. The summed E-state index contributed by atoms with van der Waals surface area (Å²) < 4.78 is 0. The Balaban J connectivity index is 2.66. The monoisotopic (exact) mass is 198 g/mol. The number of thiazole rings is 1. The van der Waals surface area contributed by atoms with Gasteiger partial charge in [-0.3, -0.25) is 0 Å². The number of aryl methyl sites for hydroxylation is 1. The van der Waals surface area contributed by atoms with Crippen molar-refractivity contribution in [3.05, 3.63) is 16.1 Å². The summed E-state index contributed by atoms with van der Waals surface area (Å²) in [5, 5.41) is 3.41. The third-order valence-corrected chi connectivity index (χ3v) is 3.16. The first-order valence-corrected chi connectivity index (χ1v) is 5.84. The van der Waals surface area contributed by atoms with Crippen LogP contribution >= 0.6 is 11.3 Å². The van der Waals surface area contributed by atoms with Crippen molar-refractivity contribution in [1.82, 2.24) is 4.98 Å². The number of hydrogen-bond acceptors (Lipinski definition) is 3. The molecule has 0 amide bonds. The summed E-state index contributed by atoms with van der Waals surface area (Å²) in [6.07, 6.45) is 3.36. The Bertz CT molecular complexity index is 241. The number of nitrogens with two attached hydrogens (primary N) is 1. The summed E-state index contributed by atoms with van der Waals surface area (Å²) in [5.74, 6) is 0.460. The van der Waals surface area contributed by atoms with E-state index in [1.165, 1.54) is 17.1 Å². The van der Waals surface area contributed by atoms with Crippen LogP contribution < -0.4 is 5.73 Å². The standard InChI is InChI=1S/C10H18N2S/c1-3-5-10-12-9(7-13-10)8(4-2)6-11/h7-8H,3-6,11H2,1-2H3. The van der Waals surface area contributed by atoms with E-state index in [1.54, 1.807) is 11.3 Å². The predicted octanol–water partition coefficient (Wildman–Crippen LogP) is 2.55. The number of rotatable bonds is 5. The molecular weight excluding hydrogens is 180 g/mol. The summed E-state index contributed by atoms with van der Waals surface area (Å²) in [4.78, 5) is 4.58. The van der Waals surface area contributed by atoms with Crippen LogP contribution in [0, 0.1) is 0 Å². The minimum Gasteiger partial charge on any atom is -0.330 e. The molecule has 0 aliphatic heterocycles. The fraction of sp³-hybridized carbons (Fsp3) is 0.700. The van der Waals surface area contributed by atoms with E-state index < -0.39 is 0 Å². The Hall–Kier alpha value is -0.410. The molecule has 1 aromatic rings. The van der Waals surface area contributed by atoms with Crippen LogP contribution in [-0.2, 0) is 6.42 Å². The van der Waals surface area contributed by atoms with Gasteiger partial charge in [-0.1, -0.05) is 13.8 Å². The molecule has 0 bridgehead atoms. The zero-order chi connectivity index (χ0) is 9.68. The van der Waals surface area contributed by atoms with Gasteiger partial charge in [0.25, 0.3) is 0 Å². The Morgan fingerprint density at radius 3 is 2.85 bits per heavy atom. The molecule has 0 saturated carbocycles. The lowest BCUT2D eigenvalue weighted by atomic mass is 10.0. The van der Waals surface area contributed by atoms with Gasteiger partial charge in [-0.05, 0) is 19.3 Å². The van der Waals surface area contributed by atoms with Crippen molar-refractivity contribution in [3.63, 3.8) is 0 Å². The zero-order valence-corrected chi connectivity index (χ0v) is 9.23. The molecule has 2 N–H and O–H groups in total. The van der Waals surface area contributed by atoms with Crippen molar-refractivity contribution < 1.29 is 0 Å². The van der Waals surface area contributed by atoms with E-state index in [2.05, 4.69) is 24.2 Å². The lowest BCUT2D eigenvalue weighted by Crippen LogP contribution is -2.11. The van der Waals surface area contributed by atoms with Crippen molar-refractivity contribution in [2.45, 2.75) is 39.0 Å². The van der Waals surface area contributed by atoms with Crippen molar-refractivity contribution >= 4 is 11.3 Å². The van der Waals surface area contributed by atoms with E-state index in [1.807, 2.05) is 0 Å². The van der Waals surface area contributed by atoms with Gasteiger partial charge in [0.05, 0.1) is 10.7 Å². The lowest BCUT2D eigenvalue weighted by molar-refractivity contribution is 0.655. The van der Waals surface area contributed by atoms with E-state index in [9.17, 15) is 0 Å². The van der Waals surface area contributed by atoms with Gasteiger partial charge >= 0.3 is 0 Å². The van der Waals surface area contributed by atoms with Gasteiger partial charge in [0.2, 0.25) is 0 Å². The highest BCUT2D eigenvalue weighted by Gasteiger charge is 2.10. The van der Waals surface area contributed by atoms with Crippen LogP contribution in [0.25, 0.3) is 0 Å². The smallest absolute Gasteiger partial charge is 0.0928 e. The minimum absolute atomic E-state index is 0.460. The van der Waals surface area contributed by atoms with Crippen LogP contribution in [0.3, 0.4) is 0 Å². The maximum Gasteiger partial charge on any atom is 0.0928 e. The lowest BCUT2D eigenvalue weighted by Gasteiger charge is -2.07. The average Bonchev–Trinajstić information content (AvgIpc) is 2.56. The van der Waals surface area contributed by atoms with Gasteiger partial charge in [0, 0.05) is 17.8 Å². The Kier molecular flexibility index (Phi) is 4.39. The van der Waals surface area contributed by atoms with Crippen molar-refractivity contribution in [2.75, 3.05) is 6.54 Å². The molecule has 1 rings (SSSR count). The topological polar surface area (TPSA) is 38.9 Å². The van der Waals surface area contributed by atoms with E-state index in [0.717, 1.165) is 12.8 Å². The number of nitrogens with zero attached hydrogens (tertiary/aromatic N) is 1. The molecular formula is C10H18N2S. The maximum absolute atomic E-state index is 5.66. The van der Waals surface area contributed by atoms with Crippen LogP contribution in [-0.4, -0.2) is 11.5 Å². The van der Waals surface area contributed by atoms with Gasteiger partial charge in [-0.2, -0.15) is 0 Å². The average molecular weight is 198 g/mol. The molecule has 0 aliphatic rings. The van der Waals surface area contributed by atoms with Crippen molar-refractivity contribution in [3.8, 4) is 0 Å². The summed E-state index contributed by atoms with van der Waals surface area (Å²) in [6, 6.07) is 0. The van der Waals surface area contributed by atoms with Gasteiger partial charge in [-0.25, -0.2) is 4.98 Å². The third kappa shape index (κ3) is 2.78. The first kappa shape index (κ1) is 10.7. The molecule has 0 radical (unpaired) electrons. The molecule has 0 aliphatic carbocycles. The quantitative estimate of drug-likeness (QED) is 0.789. The molecule has 1 heterocycles. The molecule has 0 spiro atoms. The van der Waals surface area contributed by atoms with Crippen LogP contribution in [0.15, 0.2) is 5.38 Å². The van der Waals surface area contributed by atoms with Crippen LogP contribution in [0.5, 0.6) is 0 Å². The van der Waals surface area contributed by atoms with E-state index in [4.69, 9.17) is 5.73 Å². The maximum atomic E-state index is 5.66. The molecule has 1 aromatic heterocycles. The van der Waals surface area contributed by atoms with Crippen molar-refractivity contribution in [1.29, 1.82) is 0 Å². The fourth-order valence-electron chi connectivity index (χ4n) is 1.34. The molecule has 13 heavy (non-hydrogen) atoms. The molecule has 2 nitrogen and oxygen atoms in total. The zero-order valence-electron chi connectivity index (χ0n) is 8.42. The SMILES string of the molecule is CCCc1nc(C(CC)CN)cs1. The van der Waals surface area contributed by atoms with Gasteiger partial charge in [-0.15, -0.1) is 11.3 Å². The Morgan fingerprint density at radius 2 is 2.31 bits per heavy atom. The number of hydrogen-bond donors (Lipinski definition) is 1. The molecule has 0 aromatic carbocycles. The molecule has 3 heteroatoms.